The summed E-state index contributed by atoms with van der Waals surface area (Å²) in [6, 6.07) is 18.1. The Morgan fingerprint density at radius 2 is 1.73 bits per heavy atom. The van der Waals surface area contributed by atoms with Crippen molar-refractivity contribution in [3.8, 4) is 5.75 Å². The highest BCUT2D eigenvalue weighted by Crippen LogP contribution is 2.39. The maximum absolute atomic E-state index is 12.9. The fourth-order valence-electron chi connectivity index (χ4n) is 3.98. The molecule has 1 aliphatic heterocycles. The molecule has 7 nitrogen and oxygen atoms in total. The number of ether oxygens (including phenoxy) is 1. The van der Waals surface area contributed by atoms with Gasteiger partial charge < -0.3 is 14.5 Å². The van der Waals surface area contributed by atoms with E-state index in [9.17, 15) is 4.79 Å². The molecule has 3 aromatic rings. The van der Waals surface area contributed by atoms with Crippen LogP contribution in [0.5, 0.6) is 5.75 Å². The maximum atomic E-state index is 12.9. The number of amides is 1. The SMILES string of the molecule is O=C(CSc1nnc(COc2ccccc2Cl)n1C1CC1)N1CCN(c2ccccc2)CC1. The molecule has 0 radical (unpaired) electrons. The molecule has 172 valence electrons. The van der Waals surface area contributed by atoms with E-state index in [1.54, 1.807) is 6.07 Å². The van der Waals surface area contributed by atoms with E-state index in [-0.39, 0.29) is 5.91 Å². The molecule has 1 aliphatic carbocycles. The zero-order valence-corrected chi connectivity index (χ0v) is 19.8. The van der Waals surface area contributed by atoms with Crippen LogP contribution in [0, 0.1) is 0 Å². The van der Waals surface area contributed by atoms with Gasteiger partial charge in [-0.2, -0.15) is 0 Å². The molecule has 1 saturated heterocycles. The molecule has 0 N–H and O–H groups in total. The molecule has 33 heavy (non-hydrogen) atoms. The van der Waals surface area contributed by atoms with Crippen LogP contribution in [0.15, 0.2) is 59.8 Å². The lowest BCUT2D eigenvalue weighted by Gasteiger charge is -2.36. The van der Waals surface area contributed by atoms with Crippen molar-refractivity contribution >= 4 is 35.0 Å². The van der Waals surface area contributed by atoms with Crippen molar-refractivity contribution in [2.24, 2.45) is 0 Å². The van der Waals surface area contributed by atoms with Gasteiger partial charge in [-0.1, -0.05) is 53.7 Å². The van der Waals surface area contributed by atoms with Crippen LogP contribution in [0.2, 0.25) is 5.02 Å². The molecule has 2 aromatic carbocycles. The van der Waals surface area contributed by atoms with Crippen molar-refractivity contribution in [3.05, 3.63) is 65.4 Å². The second kappa shape index (κ2) is 10.1. The van der Waals surface area contributed by atoms with Gasteiger partial charge in [-0.3, -0.25) is 9.36 Å². The Labute approximate surface area is 202 Å². The van der Waals surface area contributed by atoms with Crippen LogP contribution in [0.4, 0.5) is 5.69 Å². The van der Waals surface area contributed by atoms with Gasteiger partial charge in [0, 0.05) is 37.9 Å². The highest BCUT2D eigenvalue weighted by molar-refractivity contribution is 7.99. The minimum absolute atomic E-state index is 0.145. The second-order valence-corrected chi connectivity index (χ2v) is 9.56. The smallest absolute Gasteiger partial charge is 0.233 e. The van der Waals surface area contributed by atoms with Crippen LogP contribution in [0.1, 0.15) is 24.7 Å². The summed E-state index contributed by atoms with van der Waals surface area (Å²) in [5.41, 5.74) is 1.21. The van der Waals surface area contributed by atoms with Crippen LogP contribution >= 0.6 is 23.4 Å². The zero-order valence-electron chi connectivity index (χ0n) is 18.3. The van der Waals surface area contributed by atoms with E-state index in [4.69, 9.17) is 16.3 Å². The molecule has 2 aliphatic rings. The van der Waals surface area contributed by atoms with E-state index in [0.717, 1.165) is 50.0 Å². The molecular formula is C24H26ClN5O2S. The van der Waals surface area contributed by atoms with Crippen LogP contribution in [0.3, 0.4) is 0 Å². The fraction of sp³-hybridized carbons (Fsp3) is 0.375. The van der Waals surface area contributed by atoms with Crippen molar-refractivity contribution in [3.63, 3.8) is 0 Å². The highest BCUT2D eigenvalue weighted by Gasteiger charge is 2.30. The minimum Gasteiger partial charge on any atom is -0.484 e. The highest BCUT2D eigenvalue weighted by atomic mass is 35.5. The number of hydrogen-bond acceptors (Lipinski definition) is 6. The normalized spacial score (nSPS) is 16.2. The van der Waals surface area contributed by atoms with E-state index in [1.165, 1.54) is 17.4 Å². The molecule has 1 amide bonds. The summed E-state index contributed by atoms with van der Waals surface area (Å²) in [5, 5.41) is 10.1. The van der Waals surface area contributed by atoms with Gasteiger partial charge in [0.1, 0.15) is 12.4 Å². The first kappa shape index (κ1) is 22.1. The Morgan fingerprint density at radius 1 is 1.00 bits per heavy atom. The summed E-state index contributed by atoms with van der Waals surface area (Å²) in [6.07, 6.45) is 2.19. The van der Waals surface area contributed by atoms with E-state index in [1.807, 2.05) is 41.3 Å². The topological polar surface area (TPSA) is 63.5 Å². The third-order valence-electron chi connectivity index (χ3n) is 5.92. The van der Waals surface area contributed by atoms with Gasteiger partial charge in [0.15, 0.2) is 11.0 Å². The number of benzene rings is 2. The van der Waals surface area contributed by atoms with Crippen LogP contribution < -0.4 is 9.64 Å². The lowest BCUT2D eigenvalue weighted by atomic mass is 10.2. The molecule has 0 spiro atoms. The Hall–Kier alpha value is -2.71. The largest absolute Gasteiger partial charge is 0.484 e. The van der Waals surface area contributed by atoms with Crippen LogP contribution in [0.25, 0.3) is 0 Å². The summed E-state index contributed by atoms with van der Waals surface area (Å²) in [4.78, 5) is 17.1. The van der Waals surface area contributed by atoms with Crippen LogP contribution in [-0.2, 0) is 11.4 Å². The predicted molar refractivity (Wildman–Crippen MR) is 130 cm³/mol. The van der Waals surface area contributed by atoms with Crippen molar-refractivity contribution in [1.82, 2.24) is 19.7 Å². The number of para-hydroxylation sites is 2. The number of anilines is 1. The Bertz CT molecular complexity index is 1100. The predicted octanol–water partition coefficient (Wildman–Crippen LogP) is 4.29. The average Bonchev–Trinajstić information content (AvgIpc) is 3.62. The monoisotopic (exact) mass is 483 g/mol. The van der Waals surface area contributed by atoms with E-state index < -0.39 is 0 Å². The number of thioether (sulfide) groups is 1. The maximum Gasteiger partial charge on any atom is 0.233 e. The molecule has 0 bridgehead atoms. The molecular weight excluding hydrogens is 458 g/mol. The van der Waals surface area contributed by atoms with Gasteiger partial charge in [-0.25, -0.2) is 0 Å². The lowest BCUT2D eigenvalue weighted by molar-refractivity contribution is -0.128. The van der Waals surface area contributed by atoms with Gasteiger partial charge in [0.05, 0.1) is 10.8 Å². The molecule has 2 heterocycles. The Kier molecular flexibility index (Phi) is 6.73. The van der Waals surface area contributed by atoms with E-state index in [0.29, 0.717) is 29.2 Å². The van der Waals surface area contributed by atoms with Crippen LogP contribution in [-0.4, -0.2) is 57.5 Å². The third kappa shape index (κ3) is 5.28. The first-order valence-corrected chi connectivity index (χ1v) is 12.6. The number of hydrogen-bond donors (Lipinski definition) is 0. The second-order valence-electron chi connectivity index (χ2n) is 8.21. The van der Waals surface area contributed by atoms with E-state index >= 15 is 0 Å². The standard InChI is InChI=1S/C24H26ClN5O2S/c25-20-8-4-5-9-21(20)32-16-22-26-27-24(30(22)19-10-11-19)33-17-23(31)29-14-12-28(13-15-29)18-6-2-1-3-7-18/h1-9,19H,10-17H2. The molecule has 1 aromatic heterocycles. The van der Waals surface area contributed by atoms with Gasteiger partial charge in [-0.05, 0) is 37.1 Å². The van der Waals surface area contributed by atoms with Gasteiger partial charge >= 0.3 is 0 Å². The Balaban J connectivity index is 1.16. The number of piperazine rings is 1. The summed E-state index contributed by atoms with van der Waals surface area (Å²) in [7, 11) is 0. The molecule has 0 unspecified atom stereocenters. The average molecular weight is 484 g/mol. The van der Waals surface area contributed by atoms with Gasteiger partial charge in [0.2, 0.25) is 5.91 Å². The zero-order chi connectivity index (χ0) is 22.6. The summed E-state index contributed by atoms with van der Waals surface area (Å²) in [5.74, 6) is 1.90. The summed E-state index contributed by atoms with van der Waals surface area (Å²) in [6.45, 7) is 3.47. The number of nitrogens with zero attached hydrogens (tertiary/aromatic N) is 5. The summed E-state index contributed by atoms with van der Waals surface area (Å²) < 4.78 is 8.00. The molecule has 0 atom stereocenters. The van der Waals surface area contributed by atoms with Gasteiger partial charge in [-0.15, -0.1) is 10.2 Å². The first-order chi connectivity index (χ1) is 16.2. The first-order valence-electron chi connectivity index (χ1n) is 11.2. The van der Waals surface area contributed by atoms with Crippen molar-refractivity contribution in [2.45, 2.75) is 30.6 Å². The number of halogens is 1. The van der Waals surface area contributed by atoms with E-state index in [2.05, 4.69) is 31.8 Å². The quantitative estimate of drug-likeness (QED) is 0.445. The minimum atomic E-state index is 0.145. The van der Waals surface area contributed by atoms with Crippen molar-refractivity contribution in [2.75, 3.05) is 36.8 Å². The number of carbonyl (C=O) groups excluding carboxylic acids is 1. The van der Waals surface area contributed by atoms with Crippen molar-refractivity contribution < 1.29 is 9.53 Å². The molecule has 9 heteroatoms. The Morgan fingerprint density at radius 3 is 2.45 bits per heavy atom. The molecule has 2 fully saturated rings. The van der Waals surface area contributed by atoms with Gasteiger partial charge in [0.25, 0.3) is 0 Å². The fourth-order valence-corrected chi connectivity index (χ4v) is 5.10. The number of carbonyl (C=O) groups is 1. The summed E-state index contributed by atoms with van der Waals surface area (Å²) >= 11 is 7.66. The number of rotatable bonds is 8. The lowest BCUT2D eigenvalue weighted by Crippen LogP contribution is -2.49. The number of aromatic nitrogens is 3. The third-order valence-corrected chi connectivity index (χ3v) is 7.16. The molecule has 1 saturated carbocycles. The van der Waals surface area contributed by atoms with Crippen molar-refractivity contribution in [1.29, 1.82) is 0 Å². The molecule has 5 rings (SSSR count).